The standard InChI is InChI=1S/C15H18N2O3/c16-15(20)13-7-8-17(10-13)9-12-3-1-11(2-4-12)5-6-14(18)19/h1-6,13H,7-10H2,(H2,16,20)(H,18,19)/b6-5+. The molecule has 0 saturated carbocycles. The smallest absolute Gasteiger partial charge is 0.328 e. The summed E-state index contributed by atoms with van der Waals surface area (Å²) in [5.41, 5.74) is 7.31. The van der Waals surface area contributed by atoms with Crippen LogP contribution in [0.25, 0.3) is 6.08 Å². The molecule has 1 atom stereocenters. The topological polar surface area (TPSA) is 83.6 Å². The molecule has 1 heterocycles. The van der Waals surface area contributed by atoms with Crippen LogP contribution in [0.3, 0.4) is 0 Å². The van der Waals surface area contributed by atoms with Crippen LogP contribution in [-0.2, 0) is 16.1 Å². The molecule has 0 aliphatic carbocycles. The minimum Gasteiger partial charge on any atom is -0.478 e. The predicted molar refractivity (Wildman–Crippen MR) is 75.7 cm³/mol. The maximum atomic E-state index is 11.1. The second-order valence-electron chi connectivity index (χ2n) is 5.04. The first-order valence-electron chi connectivity index (χ1n) is 6.56. The van der Waals surface area contributed by atoms with Crippen molar-refractivity contribution in [2.75, 3.05) is 13.1 Å². The van der Waals surface area contributed by atoms with Crippen LogP contribution in [0.15, 0.2) is 30.3 Å². The Hall–Kier alpha value is -2.14. The summed E-state index contributed by atoms with van der Waals surface area (Å²) in [6.07, 6.45) is 3.51. The summed E-state index contributed by atoms with van der Waals surface area (Å²) in [7, 11) is 0. The molecule has 1 aromatic rings. The fourth-order valence-electron chi connectivity index (χ4n) is 2.37. The first-order valence-corrected chi connectivity index (χ1v) is 6.56. The summed E-state index contributed by atoms with van der Waals surface area (Å²) in [4.78, 5) is 23.7. The van der Waals surface area contributed by atoms with E-state index in [-0.39, 0.29) is 11.8 Å². The van der Waals surface area contributed by atoms with Crippen molar-refractivity contribution in [3.63, 3.8) is 0 Å². The molecule has 2 rings (SSSR count). The summed E-state index contributed by atoms with van der Waals surface area (Å²) in [6.45, 7) is 2.39. The monoisotopic (exact) mass is 274 g/mol. The average Bonchev–Trinajstić information content (AvgIpc) is 2.86. The van der Waals surface area contributed by atoms with Gasteiger partial charge < -0.3 is 10.8 Å². The lowest BCUT2D eigenvalue weighted by Gasteiger charge is -2.15. The second kappa shape index (κ2) is 6.34. The Morgan fingerprint density at radius 3 is 2.60 bits per heavy atom. The summed E-state index contributed by atoms with van der Waals surface area (Å²) in [6, 6.07) is 7.71. The maximum absolute atomic E-state index is 11.1. The van der Waals surface area contributed by atoms with Crippen LogP contribution in [0.1, 0.15) is 17.5 Å². The maximum Gasteiger partial charge on any atom is 0.328 e. The van der Waals surface area contributed by atoms with E-state index in [4.69, 9.17) is 10.8 Å². The normalized spacial score (nSPS) is 19.5. The van der Waals surface area contributed by atoms with Crippen molar-refractivity contribution in [1.82, 2.24) is 4.90 Å². The highest BCUT2D eigenvalue weighted by molar-refractivity contribution is 5.85. The van der Waals surface area contributed by atoms with Crippen LogP contribution in [0, 0.1) is 5.92 Å². The largest absolute Gasteiger partial charge is 0.478 e. The van der Waals surface area contributed by atoms with Gasteiger partial charge in [0.2, 0.25) is 5.91 Å². The Balaban J connectivity index is 1.91. The molecule has 1 fully saturated rings. The number of aliphatic carboxylic acids is 1. The molecule has 1 aromatic carbocycles. The molecule has 0 aromatic heterocycles. The number of carbonyl (C=O) groups is 2. The van der Waals surface area contributed by atoms with Crippen molar-refractivity contribution in [3.05, 3.63) is 41.5 Å². The van der Waals surface area contributed by atoms with E-state index in [1.807, 2.05) is 24.3 Å². The molecule has 20 heavy (non-hydrogen) atoms. The summed E-state index contributed by atoms with van der Waals surface area (Å²) >= 11 is 0. The number of amides is 1. The van der Waals surface area contributed by atoms with Crippen LogP contribution >= 0.6 is 0 Å². The van der Waals surface area contributed by atoms with Gasteiger partial charge in [0.15, 0.2) is 0 Å². The minimum atomic E-state index is -0.955. The highest BCUT2D eigenvalue weighted by atomic mass is 16.4. The first kappa shape index (κ1) is 14.3. The first-order chi connectivity index (χ1) is 9.54. The van der Waals surface area contributed by atoms with E-state index in [0.29, 0.717) is 0 Å². The number of likely N-dealkylation sites (tertiary alicyclic amines) is 1. The molecule has 0 radical (unpaired) electrons. The SMILES string of the molecule is NC(=O)C1CCN(Cc2ccc(/C=C/C(=O)O)cc2)C1. The average molecular weight is 274 g/mol. The molecular formula is C15H18N2O3. The summed E-state index contributed by atoms with van der Waals surface area (Å²) in [5.74, 6) is -1.21. The molecular weight excluding hydrogens is 256 g/mol. The zero-order valence-electron chi connectivity index (χ0n) is 11.2. The zero-order valence-corrected chi connectivity index (χ0v) is 11.2. The molecule has 3 N–H and O–H groups in total. The van der Waals surface area contributed by atoms with Crippen LogP contribution < -0.4 is 5.73 Å². The number of benzene rings is 1. The van der Waals surface area contributed by atoms with E-state index in [1.54, 1.807) is 6.08 Å². The minimum absolute atomic E-state index is 0.0345. The molecule has 5 heteroatoms. The molecule has 1 amide bonds. The van der Waals surface area contributed by atoms with E-state index < -0.39 is 5.97 Å². The quantitative estimate of drug-likeness (QED) is 0.787. The van der Waals surface area contributed by atoms with Crippen molar-refractivity contribution in [2.24, 2.45) is 11.7 Å². The highest BCUT2D eigenvalue weighted by Crippen LogP contribution is 2.18. The lowest BCUT2D eigenvalue weighted by Crippen LogP contribution is -2.27. The van der Waals surface area contributed by atoms with Crippen LogP contribution in [-0.4, -0.2) is 35.0 Å². The number of hydrogen-bond donors (Lipinski definition) is 2. The predicted octanol–water partition coefficient (Wildman–Crippen LogP) is 1.09. The van der Waals surface area contributed by atoms with Gasteiger partial charge in [-0.25, -0.2) is 4.79 Å². The molecule has 1 unspecified atom stereocenters. The molecule has 1 aliphatic rings. The third kappa shape index (κ3) is 3.93. The molecule has 1 aliphatic heterocycles. The Morgan fingerprint density at radius 2 is 2.05 bits per heavy atom. The van der Waals surface area contributed by atoms with E-state index in [9.17, 15) is 9.59 Å². The van der Waals surface area contributed by atoms with Gasteiger partial charge in [0.25, 0.3) is 0 Å². The van der Waals surface area contributed by atoms with Crippen molar-refractivity contribution in [2.45, 2.75) is 13.0 Å². The van der Waals surface area contributed by atoms with Gasteiger partial charge in [-0.1, -0.05) is 24.3 Å². The Bertz CT molecular complexity index is 522. The van der Waals surface area contributed by atoms with Gasteiger partial charge in [-0.15, -0.1) is 0 Å². The number of carboxylic acids is 1. The molecule has 0 bridgehead atoms. The Labute approximate surface area is 117 Å². The van der Waals surface area contributed by atoms with E-state index >= 15 is 0 Å². The van der Waals surface area contributed by atoms with Crippen LogP contribution in [0.4, 0.5) is 0 Å². The fraction of sp³-hybridized carbons (Fsp3) is 0.333. The number of carboxylic acid groups (broad SMARTS) is 1. The molecule has 106 valence electrons. The lowest BCUT2D eigenvalue weighted by atomic mass is 10.1. The van der Waals surface area contributed by atoms with Crippen molar-refractivity contribution in [3.8, 4) is 0 Å². The van der Waals surface area contributed by atoms with Gasteiger partial charge in [-0.3, -0.25) is 9.69 Å². The lowest BCUT2D eigenvalue weighted by molar-refractivity contribution is -0.131. The second-order valence-corrected chi connectivity index (χ2v) is 5.04. The zero-order chi connectivity index (χ0) is 14.5. The number of rotatable bonds is 5. The van der Waals surface area contributed by atoms with E-state index in [1.165, 1.54) is 0 Å². The van der Waals surface area contributed by atoms with Crippen LogP contribution in [0.5, 0.6) is 0 Å². The third-order valence-corrected chi connectivity index (χ3v) is 3.48. The van der Waals surface area contributed by atoms with E-state index in [2.05, 4.69) is 4.90 Å². The summed E-state index contributed by atoms with van der Waals surface area (Å²) in [5, 5.41) is 8.56. The fourth-order valence-corrected chi connectivity index (χ4v) is 2.37. The Kier molecular flexibility index (Phi) is 4.53. The van der Waals surface area contributed by atoms with Gasteiger partial charge in [-0.05, 0) is 30.2 Å². The van der Waals surface area contributed by atoms with Gasteiger partial charge >= 0.3 is 5.97 Å². The number of nitrogens with two attached hydrogens (primary N) is 1. The van der Waals surface area contributed by atoms with Crippen LogP contribution in [0.2, 0.25) is 0 Å². The van der Waals surface area contributed by atoms with Crippen molar-refractivity contribution < 1.29 is 14.7 Å². The summed E-state index contributed by atoms with van der Waals surface area (Å²) < 4.78 is 0. The van der Waals surface area contributed by atoms with Crippen molar-refractivity contribution in [1.29, 1.82) is 0 Å². The number of primary amides is 1. The third-order valence-electron chi connectivity index (χ3n) is 3.48. The van der Waals surface area contributed by atoms with Gasteiger partial charge in [0.05, 0.1) is 5.92 Å². The number of carbonyl (C=O) groups excluding carboxylic acids is 1. The number of nitrogens with zero attached hydrogens (tertiary/aromatic N) is 1. The van der Waals surface area contributed by atoms with Gasteiger partial charge in [0, 0.05) is 19.2 Å². The van der Waals surface area contributed by atoms with E-state index in [0.717, 1.165) is 43.3 Å². The molecule has 1 saturated heterocycles. The van der Waals surface area contributed by atoms with Crippen molar-refractivity contribution >= 4 is 18.0 Å². The molecule has 5 nitrogen and oxygen atoms in total. The number of hydrogen-bond acceptors (Lipinski definition) is 3. The van der Waals surface area contributed by atoms with Gasteiger partial charge in [-0.2, -0.15) is 0 Å². The highest BCUT2D eigenvalue weighted by Gasteiger charge is 2.26. The Morgan fingerprint density at radius 1 is 1.35 bits per heavy atom. The molecule has 0 spiro atoms. The van der Waals surface area contributed by atoms with Gasteiger partial charge in [0.1, 0.15) is 0 Å².